The van der Waals surface area contributed by atoms with Crippen LogP contribution in [0.4, 0.5) is 0 Å². The minimum absolute atomic E-state index is 0.0661. The average Bonchev–Trinajstić information content (AvgIpc) is 2.17. The second-order valence-electron chi connectivity index (χ2n) is 2.75. The van der Waals surface area contributed by atoms with E-state index in [-0.39, 0.29) is 5.78 Å². The van der Waals surface area contributed by atoms with Gasteiger partial charge in [0.05, 0.1) is 0 Å². The highest BCUT2D eigenvalue weighted by Crippen LogP contribution is 2.12. The van der Waals surface area contributed by atoms with Crippen molar-refractivity contribution in [1.82, 2.24) is 0 Å². The number of carbonyl (C=O) groups is 1. The van der Waals surface area contributed by atoms with Gasteiger partial charge in [0.25, 0.3) is 0 Å². The molecule has 13 heavy (non-hydrogen) atoms. The van der Waals surface area contributed by atoms with Crippen LogP contribution in [0.5, 0.6) is 5.75 Å². The molecule has 0 heterocycles. The number of Topliss-reactive ketones (excluding diaryl/α,β-unsaturated/α-hetero) is 1. The number of carbonyl (C=O) groups excluding carboxylic acids is 1. The lowest BCUT2D eigenvalue weighted by molar-refractivity contribution is 0.103. The van der Waals surface area contributed by atoms with E-state index in [1.54, 1.807) is 31.2 Å². The molecule has 0 unspecified atom stereocenters. The van der Waals surface area contributed by atoms with E-state index < -0.39 is 0 Å². The van der Waals surface area contributed by atoms with Gasteiger partial charge in [-0.2, -0.15) is 5.90 Å². The zero-order valence-corrected chi connectivity index (χ0v) is 7.41. The highest BCUT2D eigenvalue weighted by atomic mass is 16.6. The molecule has 0 amide bonds. The first kappa shape index (κ1) is 9.48. The number of benzene rings is 1. The molecule has 0 atom stereocenters. The summed E-state index contributed by atoms with van der Waals surface area (Å²) in [7, 11) is 0. The normalized spacial score (nSPS) is 9.38. The van der Waals surface area contributed by atoms with E-state index in [0.29, 0.717) is 16.9 Å². The van der Waals surface area contributed by atoms with Crippen molar-refractivity contribution in [2.45, 2.75) is 6.92 Å². The molecule has 0 saturated carbocycles. The standard InChI is InChI=1S/C10H11NO2/c1-7(2)10(12)8-3-5-9(13-11)6-4-8/h3-6H,1,11H2,2H3. The Hall–Kier alpha value is -1.61. The van der Waals surface area contributed by atoms with Gasteiger partial charge < -0.3 is 4.84 Å². The molecule has 0 spiro atoms. The molecular formula is C10H11NO2. The second kappa shape index (κ2) is 3.87. The molecule has 0 aliphatic rings. The van der Waals surface area contributed by atoms with Crippen molar-refractivity contribution < 1.29 is 9.63 Å². The van der Waals surface area contributed by atoms with E-state index in [9.17, 15) is 4.79 Å². The van der Waals surface area contributed by atoms with Gasteiger partial charge in [-0.3, -0.25) is 4.79 Å². The maximum Gasteiger partial charge on any atom is 0.188 e. The lowest BCUT2D eigenvalue weighted by atomic mass is 10.1. The lowest BCUT2D eigenvalue weighted by Crippen LogP contribution is -2.03. The molecule has 1 aromatic carbocycles. The summed E-state index contributed by atoms with van der Waals surface area (Å²) in [6.07, 6.45) is 0. The minimum atomic E-state index is -0.0661. The number of hydrogen-bond donors (Lipinski definition) is 1. The molecule has 3 nitrogen and oxygen atoms in total. The fraction of sp³-hybridized carbons (Fsp3) is 0.100. The first-order valence-electron chi connectivity index (χ1n) is 3.82. The summed E-state index contributed by atoms with van der Waals surface area (Å²) < 4.78 is 0. The van der Waals surface area contributed by atoms with Crippen LogP contribution in [0.2, 0.25) is 0 Å². The predicted octanol–water partition coefficient (Wildman–Crippen LogP) is 1.70. The second-order valence-corrected chi connectivity index (χ2v) is 2.75. The highest BCUT2D eigenvalue weighted by molar-refractivity contribution is 6.07. The molecular weight excluding hydrogens is 166 g/mol. The van der Waals surface area contributed by atoms with Crippen LogP contribution in [-0.2, 0) is 0 Å². The van der Waals surface area contributed by atoms with E-state index in [4.69, 9.17) is 5.90 Å². The van der Waals surface area contributed by atoms with Gasteiger partial charge in [-0.05, 0) is 36.8 Å². The molecule has 0 radical (unpaired) electrons. The van der Waals surface area contributed by atoms with Gasteiger partial charge >= 0.3 is 0 Å². The Morgan fingerprint density at radius 3 is 2.31 bits per heavy atom. The molecule has 1 rings (SSSR count). The van der Waals surface area contributed by atoms with Crippen LogP contribution in [-0.4, -0.2) is 5.78 Å². The van der Waals surface area contributed by atoms with Crippen LogP contribution in [0, 0.1) is 0 Å². The number of hydrogen-bond acceptors (Lipinski definition) is 3. The van der Waals surface area contributed by atoms with Crippen molar-refractivity contribution in [3.8, 4) is 5.75 Å². The van der Waals surface area contributed by atoms with Gasteiger partial charge in [-0.15, -0.1) is 0 Å². The quantitative estimate of drug-likeness (QED) is 0.434. The molecule has 1 aromatic rings. The zero-order chi connectivity index (χ0) is 9.84. The average molecular weight is 177 g/mol. The van der Waals surface area contributed by atoms with Crippen molar-refractivity contribution in [1.29, 1.82) is 0 Å². The van der Waals surface area contributed by atoms with Gasteiger partial charge in [0.1, 0.15) is 5.75 Å². The van der Waals surface area contributed by atoms with Gasteiger partial charge in [-0.25, -0.2) is 0 Å². The third-order valence-electron chi connectivity index (χ3n) is 1.64. The van der Waals surface area contributed by atoms with Gasteiger partial charge in [-0.1, -0.05) is 6.58 Å². The Labute approximate surface area is 76.8 Å². The first-order chi connectivity index (χ1) is 6.15. The summed E-state index contributed by atoms with van der Waals surface area (Å²) >= 11 is 0. The third-order valence-corrected chi connectivity index (χ3v) is 1.64. The highest BCUT2D eigenvalue weighted by Gasteiger charge is 2.05. The number of allylic oxidation sites excluding steroid dienone is 1. The SMILES string of the molecule is C=C(C)C(=O)c1ccc(ON)cc1. The van der Waals surface area contributed by atoms with Gasteiger partial charge in [0.2, 0.25) is 0 Å². The van der Waals surface area contributed by atoms with Crippen molar-refractivity contribution in [3.05, 3.63) is 42.0 Å². The van der Waals surface area contributed by atoms with Crippen LogP contribution in [0.25, 0.3) is 0 Å². The van der Waals surface area contributed by atoms with Crippen LogP contribution in [0.1, 0.15) is 17.3 Å². The predicted molar refractivity (Wildman–Crippen MR) is 50.4 cm³/mol. The van der Waals surface area contributed by atoms with Crippen LogP contribution in [0.3, 0.4) is 0 Å². The summed E-state index contributed by atoms with van der Waals surface area (Å²) in [5.41, 5.74) is 1.11. The largest absolute Gasteiger partial charge is 0.412 e. The molecule has 0 aliphatic carbocycles. The summed E-state index contributed by atoms with van der Waals surface area (Å²) in [6, 6.07) is 6.57. The fourth-order valence-corrected chi connectivity index (χ4v) is 0.931. The molecule has 0 saturated heterocycles. The van der Waals surface area contributed by atoms with Crippen molar-refractivity contribution in [2.75, 3.05) is 0 Å². The molecule has 0 aliphatic heterocycles. The Balaban J connectivity index is 2.92. The fourth-order valence-electron chi connectivity index (χ4n) is 0.931. The smallest absolute Gasteiger partial charge is 0.188 e. The maximum absolute atomic E-state index is 11.4. The summed E-state index contributed by atoms with van der Waals surface area (Å²) in [5, 5.41) is 0. The zero-order valence-electron chi connectivity index (χ0n) is 7.41. The first-order valence-corrected chi connectivity index (χ1v) is 3.82. The van der Waals surface area contributed by atoms with E-state index in [1.807, 2.05) is 0 Å². The molecule has 0 bridgehead atoms. The maximum atomic E-state index is 11.4. The number of rotatable bonds is 3. The number of ketones is 1. The molecule has 2 N–H and O–H groups in total. The van der Waals surface area contributed by atoms with Gasteiger partial charge in [0, 0.05) is 5.56 Å². The minimum Gasteiger partial charge on any atom is -0.412 e. The third kappa shape index (κ3) is 2.16. The van der Waals surface area contributed by atoms with E-state index >= 15 is 0 Å². The Kier molecular flexibility index (Phi) is 2.82. The van der Waals surface area contributed by atoms with Crippen LogP contribution >= 0.6 is 0 Å². The van der Waals surface area contributed by atoms with E-state index in [2.05, 4.69) is 11.4 Å². The molecule has 3 heteroatoms. The summed E-state index contributed by atoms with van der Waals surface area (Å²) in [4.78, 5) is 15.8. The number of nitrogens with two attached hydrogens (primary N) is 1. The van der Waals surface area contributed by atoms with E-state index in [1.165, 1.54) is 0 Å². The van der Waals surface area contributed by atoms with Crippen molar-refractivity contribution >= 4 is 5.78 Å². The Bertz CT molecular complexity index is 327. The van der Waals surface area contributed by atoms with Crippen LogP contribution in [0.15, 0.2) is 36.4 Å². The van der Waals surface area contributed by atoms with Crippen LogP contribution < -0.4 is 10.7 Å². The molecule has 68 valence electrons. The lowest BCUT2D eigenvalue weighted by Gasteiger charge is -2.01. The van der Waals surface area contributed by atoms with Crippen molar-refractivity contribution in [3.63, 3.8) is 0 Å². The van der Waals surface area contributed by atoms with Gasteiger partial charge in [0.15, 0.2) is 5.78 Å². The molecule has 0 aromatic heterocycles. The Morgan fingerprint density at radius 2 is 1.92 bits per heavy atom. The monoisotopic (exact) mass is 177 g/mol. The van der Waals surface area contributed by atoms with Crippen molar-refractivity contribution in [2.24, 2.45) is 5.90 Å². The Morgan fingerprint density at radius 1 is 1.38 bits per heavy atom. The summed E-state index contributed by atoms with van der Waals surface area (Å²) in [6.45, 7) is 5.24. The van der Waals surface area contributed by atoms with E-state index in [0.717, 1.165) is 0 Å². The molecule has 0 fully saturated rings. The topological polar surface area (TPSA) is 52.3 Å². The summed E-state index contributed by atoms with van der Waals surface area (Å²) in [5.74, 6) is 5.39.